The van der Waals surface area contributed by atoms with E-state index < -0.39 is 6.48 Å². The molecule has 1 rings (SSSR count). The Balaban J connectivity index is 3.08. The first-order chi connectivity index (χ1) is 6.12. The van der Waals surface area contributed by atoms with Crippen molar-refractivity contribution in [3.63, 3.8) is 0 Å². The van der Waals surface area contributed by atoms with E-state index in [0.29, 0.717) is 0 Å². The largest absolute Gasteiger partial charge is 0.433 e. The van der Waals surface area contributed by atoms with Gasteiger partial charge in [0, 0.05) is 10.8 Å². The lowest BCUT2D eigenvalue weighted by Crippen LogP contribution is -2.17. The molecule has 0 aliphatic carbocycles. The number of ether oxygens (including phenoxy) is 2. The zero-order chi connectivity index (χ0) is 11.1. The van der Waals surface area contributed by atoms with Gasteiger partial charge in [-0.15, -0.1) is 0 Å². The van der Waals surface area contributed by atoms with Gasteiger partial charge in [0.1, 0.15) is 11.5 Å². The molecule has 0 fully saturated rings. The molecule has 0 amide bonds. The van der Waals surface area contributed by atoms with E-state index >= 15 is 0 Å². The molecule has 0 saturated carbocycles. The summed E-state index contributed by atoms with van der Waals surface area (Å²) in [6, 6.07) is 0. The van der Waals surface area contributed by atoms with Gasteiger partial charge >= 0.3 is 6.48 Å². The van der Waals surface area contributed by atoms with E-state index in [4.69, 9.17) is 9.47 Å². The predicted octanol–water partition coefficient (Wildman–Crippen LogP) is 2.61. The summed E-state index contributed by atoms with van der Waals surface area (Å²) in [5.74, 6) is 1.50. The van der Waals surface area contributed by atoms with Crippen LogP contribution in [0.3, 0.4) is 0 Å². The van der Waals surface area contributed by atoms with Crippen LogP contribution >= 0.6 is 0 Å². The second-order valence-corrected chi connectivity index (χ2v) is 5.70. The fourth-order valence-electron chi connectivity index (χ4n) is 1.37. The average Bonchev–Trinajstić information content (AvgIpc) is 2.27. The number of allylic oxidation sites excluding steroid dienone is 2. The third-order valence-corrected chi connectivity index (χ3v) is 2.01. The van der Waals surface area contributed by atoms with Crippen LogP contribution in [-0.4, -0.2) is 11.6 Å². The maximum Gasteiger partial charge on any atom is 0.357 e. The van der Waals surface area contributed by atoms with E-state index in [2.05, 4.69) is 0 Å². The summed E-state index contributed by atoms with van der Waals surface area (Å²) in [7, 11) is 0. The molecule has 0 unspecified atom stereocenters. The van der Waals surface area contributed by atoms with Crippen molar-refractivity contribution in [2.75, 3.05) is 0 Å². The van der Waals surface area contributed by atoms with Gasteiger partial charge in [0.15, 0.2) is 0 Å². The first-order valence-electron chi connectivity index (χ1n) is 4.89. The van der Waals surface area contributed by atoms with Gasteiger partial charge in [-0.05, 0) is 0 Å². The smallest absolute Gasteiger partial charge is 0.357 e. The van der Waals surface area contributed by atoms with Crippen LogP contribution in [-0.2, 0) is 9.47 Å². The van der Waals surface area contributed by atoms with E-state index in [1.807, 2.05) is 41.5 Å². The highest BCUT2D eigenvalue weighted by molar-refractivity contribution is 5.17. The molecule has 0 spiro atoms. The van der Waals surface area contributed by atoms with Crippen molar-refractivity contribution in [2.45, 2.75) is 48.0 Å². The van der Waals surface area contributed by atoms with Gasteiger partial charge in [0.2, 0.25) is 0 Å². The number of hydrogen-bond donors (Lipinski definition) is 1. The second kappa shape index (κ2) is 3.16. The lowest BCUT2D eigenvalue weighted by atomic mass is 9.85. The highest BCUT2D eigenvalue weighted by Gasteiger charge is 2.38. The van der Waals surface area contributed by atoms with Crippen molar-refractivity contribution in [3.8, 4) is 0 Å². The molecule has 0 bridgehead atoms. The van der Waals surface area contributed by atoms with Crippen molar-refractivity contribution in [3.05, 3.63) is 11.5 Å². The molecule has 0 saturated heterocycles. The Morgan fingerprint density at radius 1 is 0.857 bits per heavy atom. The minimum absolute atomic E-state index is 0.139. The van der Waals surface area contributed by atoms with Gasteiger partial charge in [-0.1, -0.05) is 41.5 Å². The van der Waals surface area contributed by atoms with Gasteiger partial charge in [0.05, 0.1) is 0 Å². The maximum absolute atomic E-state index is 9.31. The molecule has 1 N–H and O–H groups in total. The molecule has 1 aliphatic heterocycles. The van der Waals surface area contributed by atoms with Gasteiger partial charge in [-0.25, -0.2) is 0 Å². The van der Waals surface area contributed by atoms with E-state index in [1.165, 1.54) is 0 Å². The molecule has 3 nitrogen and oxygen atoms in total. The Morgan fingerprint density at radius 2 is 1.14 bits per heavy atom. The molecule has 0 radical (unpaired) electrons. The zero-order valence-electron chi connectivity index (χ0n) is 9.84. The van der Waals surface area contributed by atoms with Gasteiger partial charge in [-0.2, -0.15) is 0 Å². The lowest BCUT2D eigenvalue weighted by Gasteiger charge is -2.24. The average molecular weight is 200 g/mol. The minimum Gasteiger partial charge on any atom is -0.433 e. The van der Waals surface area contributed by atoms with Crippen molar-refractivity contribution in [1.82, 2.24) is 0 Å². The predicted molar refractivity (Wildman–Crippen MR) is 54.1 cm³/mol. The molecular weight excluding hydrogens is 180 g/mol. The van der Waals surface area contributed by atoms with E-state index in [9.17, 15) is 5.11 Å². The van der Waals surface area contributed by atoms with Crippen LogP contribution in [0.2, 0.25) is 0 Å². The summed E-state index contributed by atoms with van der Waals surface area (Å²) in [6.07, 6.45) is 0. The normalized spacial score (nSPS) is 19.6. The van der Waals surface area contributed by atoms with Crippen LogP contribution < -0.4 is 0 Å². The number of aliphatic hydroxyl groups excluding tert-OH is 1. The van der Waals surface area contributed by atoms with Crippen LogP contribution in [0.4, 0.5) is 0 Å². The first kappa shape index (κ1) is 11.4. The SMILES string of the molecule is CC(C)(C)C1=C(C(C)(C)C)OC(O)O1. The third kappa shape index (κ3) is 2.21. The number of rotatable bonds is 0. The van der Waals surface area contributed by atoms with Crippen molar-refractivity contribution in [2.24, 2.45) is 10.8 Å². The summed E-state index contributed by atoms with van der Waals surface area (Å²) < 4.78 is 10.6. The molecule has 1 heterocycles. The topological polar surface area (TPSA) is 38.7 Å². The first-order valence-corrected chi connectivity index (χ1v) is 4.89. The highest BCUT2D eigenvalue weighted by atomic mass is 16.8. The fourth-order valence-corrected chi connectivity index (χ4v) is 1.37. The van der Waals surface area contributed by atoms with Crippen LogP contribution in [0.25, 0.3) is 0 Å². The summed E-state index contributed by atoms with van der Waals surface area (Å²) >= 11 is 0. The van der Waals surface area contributed by atoms with Crippen LogP contribution in [0, 0.1) is 10.8 Å². The van der Waals surface area contributed by atoms with Crippen molar-refractivity contribution >= 4 is 0 Å². The summed E-state index contributed by atoms with van der Waals surface area (Å²) in [5, 5.41) is 9.31. The molecule has 14 heavy (non-hydrogen) atoms. The molecule has 0 aromatic rings. The minimum atomic E-state index is -1.14. The monoisotopic (exact) mass is 200 g/mol. The molecule has 0 atom stereocenters. The number of aliphatic hydroxyl groups is 1. The van der Waals surface area contributed by atoms with Crippen LogP contribution in [0.15, 0.2) is 11.5 Å². The standard InChI is InChI=1S/C11H20O3/c1-10(2,3)7-8(11(4,5)6)14-9(12)13-7/h9,12H,1-6H3. The maximum atomic E-state index is 9.31. The Kier molecular flexibility index (Phi) is 2.57. The van der Waals surface area contributed by atoms with Crippen LogP contribution in [0.1, 0.15) is 41.5 Å². The lowest BCUT2D eigenvalue weighted by molar-refractivity contribution is -0.201. The number of hydrogen-bond acceptors (Lipinski definition) is 3. The third-order valence-electron chi connectivity index (χ3n) is 2.01. The molecule has 82 valence electrons. The zero-order valence-corrected chi connectivity index (χ0v) is 9.84. The Morgan fingerprint density at radius 3 is 1.36 bits per heavy atom. The van der Waals surface area contributed by atoms with Crippen molar-refractivity contribution < 1.29 is 14.6 Å². The quantitative estimate of drug-likeness (QED) is 0.653. The molecule has 3 heteroatoms. The highest BCUT2D eigenvalue weighted by Crippen LogP contribution is 2.42. The summed E-state index contributed by atoms with van der Waals surface area (Å²) in [4.78, 5) is 0. The summed E-state index contributed by atoms with van der Waals surface area (Å²) in [5.41, 5.74) is -0.278. The van der Waals surface area contributed by atoms with E-state index in [0.717, 1.165) is 11.5 Å². The Hall–Kier alpha value is -0.700. The Labute approximate surface area is 85.7 Å². The van der Waals surface area contributed by atoms with Gasteiger partial charge in [0.25, 0.3) is 0 Å². The Bertz CT molecular complexity index is 227. The van der Waals surface area contributed by atoms with Crippen LogP contribution in [0.5, 0.6) is 0 Å². The van der Waals surface area contributed by atoms with Gasteiger partial charge < -0.3 is 14.6 Å². The van der Waals surface area contributed by atoms with Gasteiger partial charge in [-0.3, -0.25) is 0 Å². The molecule has 1 aliphatic rings. The van der Waals surface area contributed by atoms with Crippen molar-refractivity contribution in [1.29, 1.82) is 0 Å². The van der Waals surface area contributed by atoms with E-state index in [1.54, 1.807) is 0 Å². The van der Waals surface area contributed by atoms with E-state index in [-0.39, 0.29) is 10.8 Å². The molecular formula is C11H20O3. The fraction of sp³-hybridized carbons (Fsp3) is 0.818. The second-order valence-electron chi connectivity index (χ2n) is 5.70. The molecule has 0 aromatic heterocycles. The molecule has 0 aromatic carbocycles. The summed E-state index contributed by atoms with van der Waals surface area (Å²) in [6.45, 7) is 11.1.